The van der Waals surface area contributed by atoms with Gasteiger partial charge < -0.3 is 10.4 Å². The van der Waals surface area contributed by atoms with Gasteiger partial charge in [0, 0.05) is 9.26 Å². The standard InChI is InChI=1S/C9H8INO/c10-7-2-3-8-6(5-7)1-4-9(12)11-8/h1-5,9,11-12H. The van der Waals surface area contributed by atoms with Gasteiger partial charge in [-0.15, -0.1) is 0 Å². The van der Waals surface area contributed by atoms with E-state index in [4.69, 9.17) is 0 Å². The quantitative estimate of drug-likeness (QED) is 0.709. The first kappa shape index (κ1) is 8.07. The Morgan fingerprint density at radius 3 is 3.08 bits per heavy atom. The number of aliphatic hydroxyl groups excluding tert-OH is 1. The molecule has 0 saturated heterocycles. The summed E-state index contributed by atoms with van der Waals surface area (Å²) < 4.78 is 1.20. The van der Waals surface area contributed by atoms with Crippen LogP contribution in [0.15, 0.2) is 24.3 Å². The summed E-state index contributed by atoms with van der Waals surface area (Å²) in [7, 11) is 0. The summed E-state index contributed by atoms with van der Waals surface area (Å²) in [5.74, 6) is 0. The Morgan fingerprint density at radius 1 is 1.42 bits per heavy atom. The number of aliphatic hydroxyl groups is 1. The highest BCUT2D eigenvalue weighted by Crippen LogP contribution is 2.23. The molecule has 0 fully saturated rings. The smallest absolute Gasteiger partial charge is 0.144 e. The molecule has 1 aromatic rings. The lowest BCUT2D eigenvalue weighted by atomic mass is 10.1. The van der Waals surface area contributed by atoms with E-state index < -0.39 is 6.23 Å². The Bertz CT molecular complexity index is 335. The molecule has 3 heteroatoms. The predicted molar refractivity (Wildman–Crippen MR) is 57.8 cm³/mol. The maximum absolute atomic E-state index is 9.23. The molecule has 0 spiro atoms. The minimum absolute atomic E-state index is 0.544. The molecule has 1 atom stereocenters. The van der Waals surface area contributed by atoms with Gasteiger partial charge in [0.25, 0.3) is 0 Å². The minimum Gasteiger partial charge on any atom is -0.370 e. The number of halogens is 1. The van der Waals surface area contributed by atoms with Gasteiger partial charge in [-0.1, -0.05) is 6.08 Å². The monoisotopic (exact) mass is 273 g/mol. The van der Waals surface area contributed by atoms with Crippen LogP contribution in [-0.4, -0.2) is 11.3 Å². The lowest BCUT2D eigenvalue weighted by Gasteiger charge is -2.17. The lowest BCUT2D eigenvalue weighted by molar-refractivity contribution is 0.252. The fourth-order valence-electron chi connectivity index (χ4n) is 1.21. The summed E-state index contributed by atoms with van der Waals surface area (Å²) >= 11 is 2.27. The summed E-state index contributed by atoms with van der Waals surface area (Å²) in [5, 5.41) is 12.2. The lowest BCUT2D eigenvalue weighted by Crippen LogP contribution is -2.18. The first-order valence-corrected chi connectivity index (χ1v) is 4.76. The molecule has 2 rings (SSSR count). The molecule has 0 bridgehead atoms. The molecule has 1 aliphatic heterocycles. The summed E-state index contributed by atoms with van der Waals surface area (Å²) in [5.41, 5.74) is 2.12. The molecule has 62 valence electrons. The van der Waals surface area contributed by atoms with Crippen LogP contribution in [0.3, 0.4) is 0 Å². The van der Waals surface area contributed by atoms with Gasteiger partial charge in [0.2, 0.25) is 0 Å². The molecule has 0 amide bonds. The van der Waals surface area contributed by atoms with E-state index in [1.165, 1.54) is 3.57 Å². The third kappa shape index (κ3) is 1.47. The third-order valence-electron chi connectivity index (χ3n) is 1.78. The van der Waals surface area contributed by atoms with E-state index in [2.05, 4.69) is 34.0 Å². The van der Waals surface area contributed by atoms with Gasteiger partial charge in [-0.25, -0.2) is 0 Å². The Balaban J connectivity index is 2.47. The van der Waals surface area contributed by atoms with Crippen LogP contribution >= 0.6 is 22.6 Å². The van der Waals surface area contributed by atoms with Crippen molar-refractivity contribution in [2.45, 2.75) is 6.23 Å². The zero-order chi connectivity index (χ0) is 8.55. The summed E-state index contributed by atoms with van der Waals surface area (Å²) in [6.45, 7) is 0. The maximum Gasteiger partial charge on any atom is 0.144 e. The number of hydrogen-bond acceptors (Lipinski definition) is 2. The first-order chi connectivity index (χ1) is 5.75. The Kier molecular flexibility index (Phi) is 2.06. The molecule has 0 radical (unpaired) electrons. The molecule has 2 N–H and O–H groups in total. The first-order valence-electron chi connectivity index (χ1n) is 3.68. The van der Waals surface area contributed by atoms with Gasteiger partial charge in [-0.3, -0.25) is 0 Å². The van der Waals surface area contributed by atoms with E-state index in [9.17, 15) is 5.11 Å². The van der Waals surface area contributed by atoms with E-state index in [1.54, 1.807) is 6.08 Å². The van der Waals surface area contributed by atoms with Crippen LogP contribution in [-0.2, 0) is 0 Å². The zero-order valence-corrected chi connectivity index (χ0v) is 8.45. The molecule has 1 unspecified atom stereocenters. The number of rotatable bonds is 0. The van der Waals surface area contributed by atoms with Gasteiger partial charge in [-0.2, -0.15) is 0 Å². The molecule has 1 heterocycles. The van der Waals surface area contributed by atoms with Gasteiger partial charge in [-0.05, 0) is 52.4 Å². The number of nitrogens with one attached hydrogen (secondary N) is 1. The highest BCUT2D eigenvalue weighted by atomic mass is 127. The second kappa shape index (κ2) is 3.06. The van der Waals surface area contributed by atoms with E-state index in [-0.39, 0.29) is 0 Å². The summed E-state index contributed by atoms with van der Waals surface area (Å²) in [4.78, 5) is 0. The molecule has 12 heavy (non-hydrogen) atoms. The molecule has 0 saturated carbocycles. The number of hydrogen-bond donors (Lipinski definition) is 2. The van der Waals surface area contributed by atoms with Crippen LogP contribution in [0.25, 0.3) is 6.08 Å². The van der Waals surface area contributed by atoms with Crippen molar-refractivity contribution in [2.75, 3.05) is 5.32 Å². The summed E-state index contributed by atoms with van der Waals surface area (Å²) in [6, 6.07) is 6.06. The average molecular weight is 273 g/mol. The number of fused-ring (bicyclic) bond motifs is 1. The molecular weight excluding hydrogens is 265 g/mol. The van der Waals surface area contributed by atoms with Crippen molar-refractivity contribution >= 4 is 34.4 Å². The largest absolute Gasteiger partial charge is 0.370 e. The summed E-state index contributed by atoms with van der Waals surface area (Å²) in [6.07, 6.45) is 3.12. The Labute approximate surface area is 84.4 Å². The highest BCUT2D eigenvalue weighted by molar-refractivity contribution is 14.1. The normalized spacial score (nSPS) is 20.0. The van der Waals surface area contributed by atoms with Crippen LogP contribution in [0.1, 0.15) is 5.56 Å². The Hall–Kier alpha value is -0.550. The second-order valence-corrected chi connectivity index (χ2v) is 3.93. The molecule has 0 aliphatic carbocycles. The fraction of sp³-hybridized carbons (Fsp3) is 0.111. The van der Waals surface area contributed by atoms with E-state index in [0.717, 1.165) is 11.3 Å². The van der Waals surface area contributed by atoms with E-state index in [1.807, 2.05) is 18.2 Å². The van der Waals surface area contributed by atoms with Gasteiger partial charge in [0.1, 0.15) is 6.23 Å². The second-order valence-electron chi connectivity index (χ2n) is 2.68. The van der Waals surface area contributed by atoms with E-state index in [0.29, 0.717) is 0 Å². The van der Waals surface area contributed by atoms with Crippen LogP contribution < -0.4 is 5.32 Å². The fourth-order valence-corrected chi connectivity index (χ4v) is 1.72. The number of anilines is 1. The van der Waals surface area contributed by atoms with Crippen molar-refractivity contribution in [3.8, 4) is 0 Å². The maximum atomic E-state index is 9.23. The van der Waals surface area contributed by atoms with Crippen LogP contribution in [0.5, 0.6) is 0 Å². The van der Waals surface area contributed by atoms with Crippen molar-refractivity contribution in [3.63, 3.8) is 0 Å². The molecule has 0 aromatic heterocycles. The van der Waals surface area contributed by atoms with Crippen molar-refractivity contribution in [1.82, 2.24) is 0 Å². The molecule has 1 aliphatic rings. The third-order valence-corrected chi connectivity index (χ3v) is 2.45. The van der Waals surface area contributed by atoms with Gasteiger partial charge in [0.15, 0.2) is 0 Å². The van der Waals surface area contributed by atoms with Crippen LogP contribution in [0.4, 0.5) is 5.69 Å². The van der Waals surface area contributed by atoms with Crippen molar-refractivity contribution < 1.29 is 5.11 Å². The number of benzene rings is 1. The zero-order valence-electron chi connectivity index (χ0n) is 6.29. The predicted octanol–water partition coefficient (Wildman–Crippen LogP) is 2.05. The van der Waals surface area contributed by atoms with Crippen molar-refractivity contribution in [2.24, 2.45) is 0 Å². The van der Waals surface area contributed by atoms with Crippen LogP contribution in [0.2, 0.25) is 0 Å². The molecule has 1 aromatic carbocycles. The highest BCUT2D eigenvalue weighted by Gasteiger charge is 2.08. The van der Waals surface area contributed by atoms with Crippen molar-refractivity contribution in [1.29, 1.82) is 0 Å². The SMILES string of the molecule is OC1C=Cc2cc(I)ccc2N1. The topological polar surface area (TPSA) is 32.3 Å². The average Bonchev–Trinajstić information content (AvgIpc) is 2.05. The minimum atomic E-state index is -0.544. The van der Waals surface area contributed by atoms with E-state index >= 15 is 0 Å². The van der Waals surface area contributed by atoms with Crippen molar-refractivity contribution in [3.05, 3.63) is 33.4 Å². The van der Waals surface area contributed by atoms with Gasteiger partial charge in [0.05, 0.1) is 0 Å². The van der Waals surface area contributed by atoms with Gasteiger partial charge >= 0.3 is 0 Å². The van der Waals surface area contributed by atoms with Crippen LogP contribution in [0, 0.1) is 3.57 Å². The molecule has 2 nitrogen and oxygen atoms in total. The molecular formula is C9H8INO. The Morgan fingerprint density at radius 2 is 2.25 bits per heavy atom.